The molecule has 1 heterocycles. The second-order valence-corrected chi connectivity index (χ2v) is 18.3. The highest BCUT2D eigenvalue weighted by atomic mass is 16.5. The van der Waals surface area contributed by atoms with Gasteiger partial charge in [0.15, 0.2) is 0 Å². The average Bonchev–Trinajstić information content (AvgIpc) is 3.91. The molecule has 386 valence electrons. The highest BCUT2D eigenvalue weighted by Gasteiger charge is 2.18. The minimum Gasteiger partial charge on any atom is -0.494 e. The van der Waals surface area contributed by atoms with E-state index in [-0.39, 0.29) is 39.8 Å². The standard InChI is InChI=1S/C60H70N2O11/c1-3-5-7-9-11-13-15-17-19-21-39-68-50-33-27-45(28-34-50)56-62-61-55(73-56)44-23-25-46(26-24-44)59(66)71-53-41-49(57(63)64)42-54(43-53)72-60(67)48-31-37-52(38-32-48)70-58(65)47-29-35-51(36-30-47)69-40-22-20-18-16-14-12-10-8-6-4-2/h23-38,41-43H,3-22,39-40H2,1-2H3,(H,63,64). The summed E-state index contributed by atoms with van der Waals surface area (Å²) in [5.41, 5.74) is 1.58. The van der Waals surface area contributed by atoms with Crippen LogP contribution in [0.3, 0.4) is 0 Å². The van der Waals surface area contributed by atoms with E-state index in [1.54, 1.807) is 36.4 Å². The van der Waals surface area contributed by atoms with Crippen LogP contribution in [0.4, 0.5) is 0 Å². The number of carboxylic acid groups (broad SMARTS) is 1. The van der Waals surface area contributed by atoms with E-state index in [9.17, 15) is 24.3 Å². The maximum absolute atomic E-state index is 13.2. The summed E-state index contributed by atoms with van der Waals surface area (Å²) < 4.78 is 34.3. The molecule has 0 fully saturated rings. The molecule has 0 radical (unpaired) electrons. The fraction of sp³-hybridized carbons (Fsp3) is 0.400. The van der Waals surface area contributed by atoms with Crippen molar-refractivity contribution in [3.8, 4) is 51.7 Å². The van der Waals surface area contributed by atoms with Gasteiger partial charge in [0, 0.05) is 17.2 Å². The second-order valence-electron chi connectivity index (χ2n) is 18.3. The Morgan fingerprint density at radius 3 is 1.08 bits per heavy atom. The van der Waals surface area contributed by atoms with Crippen LogP contribution in [0.25, 0.3) is 22.9 Å². The zero-order valence-corrected chi connectivity index (χ0v) is 42.5. The molecule has 0 aliphatic rings. The lowest BCUT2D eigenvalue weighted by Gasteiger charge is -2.10. The summed E-state index contributed by atoms with van der Waals surface area (Å²) in [5, 5.41) is 18.2. The third kappa shape index (κ3) is 19.0. The minimum atomic E-state index is -1.33. The van der Waals surface area contributed by atoms with E-state index in [1.807, 2.05) is 24.3 Å². The number of esters is 3. The molecule has 13 heteroatoms. The van der Waals surface area contributed by atoms with E-state index in [4.69, 9.17) is 28.1 Å². The van der Waals surface area contributed by atoms with Crippen LogP contribution in [-0.4, -0.2) is 52.4 Å². The zero-order chi connectivity index (χ0) is 51.5. The molecule has 0 spiro atoms. The van der Waals surface area contributed by atoms with Crippen LogP contribution < -0.4 is 23.7 Å². The maximum atomic E-state index is 13.2. The molecule has 13 nitrogen and oxygen atoms in total. The summed E-state index contributed by atoms with van der Waals surface area (Å²) >= 11 is 0. The first kappa shape index (κ1) is 55.0. The molecule has 0 aliphatic carbocycles. The van der Waals surface area contributed by atoms with Crippen molar-refractivity contribution in [1.82, 2.24) is 10.2 Å². The van der Waals surface area contributed by atoms with Crippen molar-refractivity contribution in [2.45, 2.75) is 142 Å². The van der Waals surface area contributed by atoms with Crippen LogP contribution in [0.2, 0.25) is 0 Å². The number of benzene rings is 5. The van der Waals surface area contributed by atoms with Crippen LogP contribution in [0, 0.1) is 0 Å². The molecule has 6 rings (SSSR count). The highest BCUT2D eigenvalue weighted by Crippen LogP contribution is 2.29. The van der Waals surface area contributed by atoms with Gasteiger partial charge in [-0.15, -0.1) is 10.2 Å². The third-order valence-corrected chi connectivity index (χ3v) is 12.4. The fourth-order valence-corrected chi connectivity index (χ4v) is 8.12. The van der Waals surface area contributed by atoms with Crippen molar-refractivity contribution < 1.29 is 52.4 Å². The SMILES string of the molecule is CCCCCCCCCCCCOc1ccc(C(=O)Oc2ccc(C(=O)Oc3cc(OC(=O)c4ccc(-c5nnc(-c6ccc(OCCCCCCCCCCCC)cc6)o5)cc4)cc(C(=O)O)c3)cc2)cc1. The van der Waals surface area contributed by atoms with Gasteiger partial charge in [0.2, 0.25) is 11.8 Å². The summed E-state index contributed by atoms with van der Waals surface area (Å²) in [4.78, 5) is 51.3. The third-order valence-electron chi connectivity index (χ3n) is 12.4. The number of unbranched alkanes of at least 4 members (excludes halogenated alkanes) is 18. The van der Waals surface area contributed by atoms with Crippen molar-refractivity contribution in [2.75, 3.05) is 13.2 Å². The number of aromatic nitrogens is 2. The Bertz CT molecular complexity index is 2610. The molecule has 0 saturated carbocycles. The molecule has 0 aliphatic heterocycles. The number of carbonyl (C=O) groups excluding carboxylic acids is 3. The Labute approximate surface area is 429 Å². The molecule has 0 unspecified atom stereocenters. The minimum absolute atomic E-state index is 0.0916. The molecule has 0 amide bonds. The number of ether oxygens (including phenoxy) is 5. The van der Waals surface area contributed by atoms with Gasteiger partial charge < -0.3 is 33.2 Å². The number of rotatable bonds is 33. The largest absolute Gasteiger partial charge is 0.494 e. The van der Waals surface area contributed by atoms with Gasteiger partial charge in [-0.2, -0.15) is 0 Å². The van der Waals surface area contributed by atoms with Crippen molar-refractivity contribution in [3.05, 3.63) is 138 Å². The lowest BCUT2D eigenvalue weighted by atomic mass is 10.1. The first-order chi connectivity index (χ1) is 35.7. The molecule has 0 saturated heterocycles. The van der Waals surface area contributed by atoms with Crippen molar-refractivity contribution in [1.29, 1.82) is 0 Å². The summed E-state index contributed by atoms with van der Waals surface area (Å²) in [6.45, 7) is 5.77. The van der Waals surface area contributed by atoms with Crippen molar-refractivity contribution in [3.63, 3.8) is 0 Å². The van der Waals surface area contributed by atoms with Gasteiger partial charge in [-0.1, -0.05) is 129 Å². The molecule has 0 bridgehead atoms. The number of hydrogen-bond donors (Lipinski definition) is 1. The van der Waals surface area contributed by atoms with Crippen LogP contribution >= 0.6 is 0 Å². The number of aromatic carboxylic acids is 1. The average molecular weight is 995 g/mol. The quantitative estimate of drug-likeness (QED) is 0.0235. The molecular weight excluding hydrogens is 925 g/mol. The Morgan fingerprint density at radius 1 is 0.384 bits per heavy atom. The predicted molar refractivity (Wildman–Crippen MR) is 281 cm³/mol. The summed E-state index contributed by atoms with van der Waals surface area (Å²) in [6.07, 6.45) is 25.2. The van der Waals surface area contributed by atoms with E-state index >= 15 is 0 Å². The van der Waals surface area contributed by atoms with E-state index in [0.29, 0.717) is 36.0 Å². The monoisotopic (exact) mass is 994 g/mol. The number of carboxylic acids is 1. The van der Waals surface area contributed by atoms with Crippen LogP contribution in [0.15, 0.2) is 120 Å². The summed E-state index contributed by atoms with van der Waals surface area (Å²) in [6, 6.07) is 29.7. The van der Waals surface area contributed by atoms with Gasteiger partial charge in [-0.3, -0.25) is 0 Å². The fourth-order valence-electron chi connectivity index (χ4n) is 8.12. The van der Waals surface area contributed by atoms with Gasteiger partial charge in [0.1, 0.15) is 28.7 Å². The van der Waals surface area contributed by atoms with E-state index in [0.717, 1.165) is 49.1 Å². The Kier molecular flexibility index (Phi) is 23.0. The van der Waals surface area contributed by atoms with Crippen LogP contribution in [0.1, 0.15) is 184 Å². The number of hydrogen-bond acceptors (Lipinski definition) is 12. The van der Waals surface area contributed by atoms with Crippen LogP contribution in [-0.2, 0) is 0 Å². The Hall–Kier alpha value is -7.28. The van der Waals surface area contributed by atoms with E-state index in [2.05, 4.69) is 24.0 Å². The summed E-state index contributed by atoms with van der Waals surface area (Å²) in [5.74, 6) is -1.66. The summed E-state index contributed by atoms with van der Waals surface area (Å²) in [7, 11) is 0. The lowest BCUT2D eigenvalue weighted by Crippen LogP contribution is -2.12. The maximum Gasteiger partial charge on any atom is 0.343 e. The molecule has 1 aromatic heterocycles. The molecular formula is C60H70N2O11. The number of carbonyl (C=O) groups is 4. The van der Waals surface area contributed by atoms with Gasteiger partial charge in [0.05, 0.1) is 35.5 Å². The van der Waals surface area contributed by atoms with Crippen molar-refractivity contribution >= 4 is 23.9 Å². The van der Waals surface area contributed by atoms with Gasteiger partial charge in [-0.25, -0.2) is 19.2 Å². The molecule has 73 heavy (non-hydrogen) atoms. The Balaban J connectivity index is 0.928. The predicted octanol–water partition coefficient (Wildman–Crippen LogP) is 15.4. The highest BCUT2D eigenvalue weighted by molar-refractivity contribution is 5.95. The van der Waals surface area contributed by atoms with Crippen LogP contribution in [0.5, 0.6) is 28.7 Å². The van der Waals surface area contributed by atoms with Crippen molar-refractivity contribution in [2.24, 2.45) is 0 Å². The van der Waals surface area contributed by atoms with E-state index in [1.165, 1.54) is 145 Å². The van der Waals surface area contributed by atoms with E-state index < -0.39 is 23.9 Å². The smallest absolute Gasteiger partial charge is 0.343 e. The first-order valence-corrected chi connectivity index (χ1v) is 26.2. The Morgan fingerprint density at radius 2 is 0.699 bits per heavy atom. The molecule has 1 N–H and O–H groups in total. The lowest BCUT2D eigenvalue weighted by molar-refractivity contribution is 0.0679. The molecule has 0 atom stereocenters. The number of nitrogens with zero attached hydrogens (tertiary/aromatic N) is 2. The first-order valence-electron chi connectivity index (χ1n) is 26.2. The van der Waals surface area contributed by atoms with Gasteiger partial charge in [-0.05, 0) is 122 Å². The second kappa shape index (κ2) is 30.6. The van der Waals surface area contributed by atoms with Gasteiger partial charge in [0.25, 0.3) is 0 Å². The zero-order valence-electron chi connectivity index (χ0n) is 42.5. The molecule has 6 aromatic rings. The topological polar surface area (TPSA) is 174 Å². The molecule has 5 aromatic carbocycles. The van der Waals surface area contributed by atoms with Gasteiger partial charge >= 0.3 is 23.9 Å². The normalized spacial score (nSPS) is 11.0.